The van der Waals surface area contributed by atoms with Gasteiger partial charge >= 0.3 is 17.8 Å². The highest BCUT2D eigenvalue weighted by molar-refractivity contribution is 6.45. The second kappa shape index (κ2) is 7.59. The zero-order chi connectivity index (χ0) is 21.4. The van der Waals surface area contributed by atoms with E-state index in [0.717, 1.165) is 26.3 Å². The zero-order valence-corrected chi connectivity index (χ0v) is 16.8. The Labute approximate surface area is 173 Å². The molecule has 152 valence electrons. The molecule has 2 heterocycles. The minimum atomic E-state index is -0.955. The van der Waals surface area contributed by atoms with Gasteiger partial charge in [-0.3, -0.25) is 19.3 Å². The fourth-order valence-corrected chi connectivity index (χ4v) is 3.94. The molecule has 1 aromatic heterocycles. The third kappa shape index (κ3) is 2.99. The van der Waals surface area contributed by atoms with Crippen LogP contribution in [0.25, 0.3) is 22.2 Å². The van der Waals surface area contributed by atoms with Crippen LogP contribution in [0.5, 0.6) is 0 Å². The minimum absolute atomic E-state index is 0.150. The van der Waals surface area contributed by atoms with Crippen LogP contribution >= 0.6 is 0 Å². The van der Waals surface area contributed by atoms with Crippen LogP contribution in [0.4, 0.5) is 4.79 Å². The van der Waals surface area contributed by atoms with E-state index in [2.05, 4.69) is 0 Å². The molecule has 0 saturated carbocycles. The van der Waals surface area contributed by atoms with Gasteiger partial charge in [0.25, 0.3) is 0 Å². The maximum atomic E-state index is 13.4. The molecule has 7 heteroatoms. The number of imide groups is 2. The molecule has 1 saturated heterocycles. The van der Waals surface area contributed by atoms with Crippen molar-refractivity contribution in [3.63, 3.8) is 0 Å². The highest BCUT2D eigenvalue weighted by Gasteiger charge is 2.45. The number of urea groups is 1. The standard InChI is InChI=1S/C23H21N3O4/c1-3-13-25-21(28)22(29)26(23(25)30)14-18(27)19-16-11-7-8-12-17(16)24(2)20(19)15-9-5-4-6-10-15/h4-12H,3,13-14H2,1-2H3. The van der Waals surface area contributed by atoms with Crippen molar-refractivity contribution in [1.29, 1.82) is 0 Å². The van der Waals surface area contributed by atoms with Crippen molar-refractivity contribution in [1.82, 2.24) is 14.4 Å². The number of amides is 4. The molecule has 4 amide bonds. The van der Waals surface area contributed by atoms with Gasteiger partial charge in [-0.1, -0.05) is 55.5 Å². The fraction of sp³-hybridized carbons (Fsp3) is 0.217. The highest BCUT2D eigenvalue weighted by Crippen LogP contribution is 2.33. The third-order valence-corrected chi connectivity index (χ3v) is 5.32. The van der Waals surface area contributed by atoms with E-state index in [1.165, 1.54) is 0 Å². The summed E-state index contributed by atoms with van der Waals surface area (Å²) in [7, 11) is 1.88. The molecule has 0 spiro atoms. The fourth-order valence-electron chi connectivity index (χ4n) is 3.94. The van der Waals surface area contributed by atoms with Crippen LogP contribution in [0.15, 0.2) is 54.6 Å². The Morgan fingerprint density at radius 3 is 2.20 bits per heavy atom. The average molecular weight is 403 g/mol. The number of rotatable bonds is 6. The number of fused-ring (bicyclic) bond motifs is 1. The Hall–Kier alpha value is -3.74. The van der Waals surface area contributed by atoms with Crippen molar-refractivity contribution in [2.24, 2.45) is 7.05 Å². The normalized spacial score (nSPS) is 14.3. The highest BCUT2D eigenvalue weighted by atomic mass is 16.2. The molecule has 2 aromatic carbocycles. The number of aryl methyl sites for hydroxylation is 1. The molecule has 0 radical (unpaired) electrons. The molecule has 0 unspecified atom stereocenters. The lowest BCUT2D eigenvalue weighted by molar-refractivity contribution is -0.143. The Morgan fingerprint density at radius 2 is 1.50 bits per heavy atom. The number of para-hydroxylation sites is 1. The van der Waals surface area contributed by atoms with E-state index in [1.54, 1.807) is 6.92 Å². The molecular formula is C23H21N3O4. The molecule has 1 fully saturated rings. The van der Waals surface area contributed by atoms with Crippen molar-refractivity contribution in [2.75, 3.05) is 13.1 Å². The molecule has 4 rings (SSSR count). The molecule has 1 aliphatic rings. The van der Waals surface area contributed by atoms with E-state index in [1.807, 2.05) is 66.2 Å². The van der Waals surface area contributed by atoms with E-state index >= 15 is 0 Å². The SMILES string of the molecule is CCCN1C(=O)C(=O)N(CC(=O)c2c(-c3ccccc3)n(C)c3ccccc23)C1=O. The van der Waals surface area contributed by atoms with Gasteiger partial charge in [-0.2, -0.15) is 0 Å². The summed E-state index contributed by atoms with van der Waals surface area (Å²) in [6.45, 7) is 1.48. The first-order valence-electron chi connectivity index (χ1n) is 9.79. The maximum absolute atomic E-state index is 13.4. The van der Waals surface area contributed by atoms with Gasteiger partial charge in [0.15, 0.2) is 5.78 Å². The minimum Gasteiger partial charge on any atom is -0.343 e. The molecule has 0 aliphatic carbocycles. The number of nitrogens with zero attached hydrogens (tertiary/aromatic N) is 3. The summed E-state index contributed by atoms with van der Waals surface area (Å²) in [4.78, 5) is 52.1. The molecule has 1 aliphatic heterocycles. The van der Waals surface area contributed by atoms with Gasteiger partial charge in [0.05, 0.1) is 17.8 Å². The topological polar surface area (TPSA) is 79.7 Å². The van der Waals surface area contributed by atoms with Crippen LogP contribution in [0, 0.1) is 0 Å². The van der Waals surface area contributed by atoms with Gasteiger partial charge in [0.1, 0.15) is 0 Å². The van der Waals surface area contributed by atoms with Crippen LogP contribution in [0.2, 0.25) is 0 Å². The quantitative estimate of drug-likeness (QED) is 0.360. The third-order valence-electron chi connectivity index (χ3n) is 5.32. The zero-order valence-electron chi connectivity index (χ0n) is 16.8. The Kier molecular flexibility index (Phi) is 4.95. The largest absolute Gasteiger partial charge is 0.343 e. The molecule has 0 atom stereocenters. The van der Waals surface area contributed by atoms with Gasteiger partial charge in [-0.05, 0) is 18.1 Å². The predicted molar refractivity (Wildman–Crippen MR) is 112 cm³/mol. The molecular weight excluding hydrogens is 382 g/mol. The van der Waals surface area contributed by atoms with Crippen molar-refractivity contribution in [3.05, 3.63) is 60.2 Å². The molecule has 0 bridgehead atoms. The van der Waals surface area contributed by atoms with Gasteiger partial charge in [0, 0.05) is 24.5 Å². The molecule has 0 N–H and O–H groups in total. The first-order valence-corrected chi connectivity index (χ1v) is 9.79. The maximum Gasteiger partial charge on any atom is 0.334 e. The monoisotopic (exact) mass is 403 g/mol. The summed E-state index contributed by atoms with van der Waals surface area (Å²) in [6, 6.07) is 16.2. The number of Topliss-reactive ketones (excluding diaryl/α,β-unsaturated/α-hetero) is 1. The number of hydrogen-bond donors (Lipinski definition) is 0. The summed E-state index contributed by atoms with van der Waals surface area (Å²) in [5, 5.41) is 0.736. The van der Waals surface area contributed by atoms with Crippen molar-refractivity contribution in [3.8, 4) is 11.3 Å². The van der Waals surface area contributed by atoms with Gasteiger partial charge in [-0.25, -0.2) is 9.69 Å². The summed E-state index contributed by atoms with van der Waals surface area (Å²) >= 11 is 0. The summed E-state index contributed by atoms with van der Waals surface area (Å²) < 4.78 is 1.93. The average Bonchev–Trinajstić information content (AvgIpc) is 3.17. The number of ketones is 1. The molecule has 3 aromatic rings. The van der Waals surface area contributed by atoms with Crippen LogP contribution in [-0.2, 0) is 16.6 Å². The van der Waals surface area contributed by atoms with E-state index in [0.29, 0.717) is 17.7 Å². The smallest absolute Gasteiger partial charge is 0.334 e. The second-order valence-corrected chi connectivity index (χ2v) is 7.22. The van der Waals surface area contributed by atoms with Gasteiger partial charge in [0.2, 0.25) is 0 Å². The van der Waals surface area contributed by atoms with Gasteiger partial charge in [-0.15, -0.1) is 0 Å². The number of hydrogen-bond acceptors (Lipinski definition) is 4. The predicted octanol–water partition coefficient (Wildman–Crippen LogP) is 3.23. The van der Waals surface area contributed by atoms with Crippen molar-refractivity contribution < 1.29 is 19.2 Å². The van der Waals surface area contributed by atoms with Crippen LogP contribution < -0.4 is 0 Å². The number of benzene rings is 2. The van der Waals surface area contributed by atoms with Crippen LogP contribution in [0.1, 0.15) is 23.7 Å². The molecule has 7 nitrogen and oxygen atoms in total. The van der Waals surface area contributed by atoms with Crippen LogP contribution in [0.3, 0.4) is 0 Å². The summed E-state index contributed by atoms with van der Waals surface area (Å²) in [6.07, 6.45) is 0.536. The first kappa shape index (κ1) is 19.6. The van der Waals surface area contributed by atoms with Crippen LogP contribution in [-0.4, -0.2) is 51.1 Å². The Balaban J connectivity index is 1.78. The van der Waals surface area contributed by atoms with E-state index in [9.17, 15) is 19.2 Å². The lowest BCUT2D eigenvalue weighted by atomic mass is 10.0. The lowest BCUT2D eigenvalue weighted by Crippen LogP contribution is -2.37. The lowest BCUT2D eigenvalue weighted by Gasteiger charge is -2.15. The number of carbonyl (C=O) groups is 4. The van der Waals surface area contributed by atoms with Crippen molar-refractivity contribution in [2.45, 2.75) is 13.3 Å². The summed E-state index contributed by atoms with van der Waals surface area (Å²) in [5.74, 6) is -2.22. The molecule has 30 heavy (non-hydrogen) atoms. The Morgan fingerprint density at radius 1 is 0.867 bits per heavy atom. The number of carbonyl (C=O) groups excluding carboxylic acids is 4. The van der Waals surface area contributed by atoms with Gasteiger partial charge < -0.3 is 4.57 Å². The first-order chi connectivity index (χ1) is 14.5. The van der Waals surface area contributed by atoms with E-state index in [4.69, 9.17) is 0 Å². The Bertz CT molecular complexity index is 1180. The second-order valence-electron chi connectivity index (χ2n) is 7.22. The number of aromatic nitrogens is 1. The van der Waals surface area contributed by atoms with E-state index in [-0.39, 0.29) is 6.54 Å². The summed E-state index contributed by atoms with van der Waals surface area (Å²) in [5.41, 5.74) is 2.85. The van der Waals surface area contributed by atoms with Crippen molar-refractivity contribution >= 4 is 34.5 Å². The van der Waals surface area contributed by atoms with E-state index < -0.39 is 30.2 Å².